The molecule has 0 bridgehead atoms. The number of methoxy groups -OCH3 is 1. The third-order valence-electron chi connectivity index (χ3n) is 19.6. The minimum atomic E-state index is -0.495. The Labute approximate surface area is 744 Å². The molecule has 1 fully saturated rings. The van der Waals surface area contributed by atoms with Gasteiger partial charge >= 0.3 is 0 Å². The summed E-state index contributed by atoms with van der Waals surface area (Å²) in [4.78, 5) is 16.6. The number of aromatic nitrogens is 10. The smallest absolute Gasteiger partial charge is 0.217 e. The second kappa shape index (κ2) is 44.0. The molecule has 0 amide bonds. The zero-order valence-electron chi connectivity index (χ0n) is 66.0. The van der Waals surface area contributed by atoms with Crippen molar-refractivity contribution in [3.8, 4) is 56.7 Å². The van der Waals surface area contributed by atoms with E-state index in [-0.39, 0.29) is 111 Å². The fourth-order valence-corrected chi connectivity index (χ4v) is 14.5. The van der Waals surface area contributed by atoms with E-state index < -0.39 is 5.41 Å². The summed E-state index contributed by atoms with van der Waals surface area (Å²) >= 11 is 0. The predicted octanol–water partition coefficient (Wildman–Crippen LogP) is 20.2. The maximum absolute atomic E-state index is 12.2. The van der Waals surface area contributed by atoms with Crippen LogP contribution in [0.1, 0.15) is 111 Å². The maximum atomic E-state index is 12.2. The number of Topliss-reactive ketones (excluding diaryl/α,β-unsaturated/α-hetero) is 1. The topological polar surface area (TPSA) is 122 Å². The summed E-state index contributed by atoms with van der Waals surface area (Å²) in [5, 5.41) is 23.4. The number of hydrogen-bond donors (Lipinski definition) is 0. The molecule has 0 spiro atoms. The van der Waals surface area contributed by atoms with Crippen molar-refractivity contribution in [3.63, 3.8) is 0 Å². The summed E-state index contributed by atoms with van der Waals surface area (Å²) in [6.45, 7) is 20.0. The average molecular weight is 2410 g/mol. The number of para-hydroxylation sites is 5. The number of ether oxygens (including phenoxy) is 1. The van der Waals surface area contributed by atoms with Gasteiger partial charge in [0.1, 0.15) is 11.6 Å². The SMILES string of the molecule is CC(=O)c1c(C)nn(-c2[c-]cccc2)c1N1CCCCCC1.COc1c(C)c(C)nn1-c1[c-]cccc1.Cc1nn(-c2[c-]cccc2)c(-c2ccccc2)c1-c1ccccc1.Cc1nn(-c2[c-]cccc2)c(C)c1C(c1ccccc1)(c1ccccc1)c1ccccc1.Cc1nn(-c2[c-]cccc2)c(N(C)C)c1C.[Pt].[Pt].[Pt].[Pt].[Pt]. The van der Waals surface area contributed by atoms with Crippen LogP contribution >= 0.6 is 0 Å². The Hall–Kier alpha value is -9.24. The van der Waals surface area contributed by atoms with Gasteiger partial charge in [0.15, 0.2) is 5.78 Å². The number of carbonyl (C=O) groups is 1. The fraction of sp³-hybridized carbons (Fsp3) is 0.200. The van der Waals surface area contributed by atoms with Crippen molar-refractivity contribution < 1.29 is 115 Å². The number of aryl methyl sites for hydroxylation is 5. The number of hydrogen-bond acceptors (Lipinski definition) is 9. The molecule has 0 N–H and O–H groups in total. The van der Waals surface area contributed by atoms with Gasteiger partial charge in [-0.2, -0.15) is 147 Å². The molecule has 0 aliphatic carbocycles. The van der Waals surface area contributed by atoms with Crippen molar-refractivity contribution in [1.29, 1.82) is 0 Å². The van der Waals surface area contributed by atoms with E-state index in [4.69, 9.17) is 14.9 Å². The zero-order chi connectivity index (χ0) is 76.4. The predicted molar refractivity (Wildman–Crippen MR) is 441 cm³/mol. The van der Waals surface area contributed by atoms with E-state index in [2.05, 4.69) is 229 Å². The Bertz CT molecular complexity index is 5290. The summed E-state index contributed by atoms with van der Waals surface area (Å²) in [7, 11) is 5.72. The van der Waals surface area contributed by atoms with Crippen LogP contribution < -0.4 is 14.5 Å². The molecule has 1 saturated heterocycles. The van der Waals surface area contributed by atoms with Crippen molar-refractivity contribution in [2.75, 3.05) is 44.1 Å². The van der Waals surface area contributed by atoms with Crippen molar-refractivity contribution in [1.82, 2.24) is 48.9 Å². The molecule has 114 heavy (non-hydrogen) atoms. The minimum Gasteiger partial charge on any atom is -0.481 e. The van der Waals surface area contributed by atoms with Crippen LogP contribution in [-0.2, 0) is 111 Å². The minimum absolute atomic E-state index is 0. The summed E-state index contributed by atoms with van der Waals surface area (Å²) < 4.78 is 14.9. The molecule has 0 unspecified atom stereocenters. The second-order valence-corrected chi connectivity index (χ2v) is 27.1. The number of rotatable bonds is 15. The van der Waals surface area contributed by atoms with Crippen molar-refractivity contribution in [2.45, 2.75) is 93.4 Å². The van der Waals surface area contributed by atoms with E-state index in [0.29, 0.717) is 0 Å². The van der Waals surface area contributed by atoms with Crippen LogP contribution in [0.15, 0.2) is 273 Å². The van der Waals surface area contributed by atoms with E-state index in [1.54, 1.807) is 18.7 Å². The van der Waals surface area contributed by atoms with Crippen LogP contribution in [0.5, 0.6) is 5.88 Å². The molecule has 6 heterocycles. The number of nitrogens with zero attached hydrogens (tertiary/aromatic N) is 12. The van der Waals surface area contributed by atoms with Crippen molar-refractivity contribution in [3.05, 3.63) is 376 Å². The Morgan fingerprint density at radius 3 is 1.15 bits per heavy atom. The molecule has 14 nitrogen and oxygen atoms in total. The number of benzene rings is 10. The molecule has 5 aromatic heterocycles. The van der Waals surface area contributed by atoms with Crippen molar-refractivity contribution >= 4 is 17.4 Å². The molecule has 10 aromatic carbocycles. The molecular formula is C95H93N12O2Pt5-5. The number of carbonyl (C=O) groups excluding carboxylic acids is 1. The standard InChI is InChI=1S/C30H25N2.C22H17N2.C18H22N3O.C13H16N3.C12H13N2O.5Pt/c1-23-29(24(2)32(31-23)28-21-13-6-14-22-28)30(25-15-7-3-8-16-25,26-17-9-4-10-18-26)27-19-11-5-12-20-27;1-17-21(18-11-5-2-6-12-18)22(19-13-7-3-8-14-19)24(23-17)20-15-9-4-10-16-20;1-14-17(15(2)22)18(20-12-8-3-4-9-13-20)21(19-14)16-10-6-5-7-11-16;1-10-11(2)14-16(13(10)15(3)4)12-8-6-5-7-9-12;1-9-10(2)13-14(12(9)15-3)11-7-5-4-6-8-11;;;;;/h3-21H,1-2H3;2-15H,1H3;5-7,10H,3-4,8-9,12-13H2,1-2H3;5-8H,1-4H3;4-7H,1-3H3;;;;;/q5*-1;;;;;. The van der Waals surface area contributed by atoms with Gasteiger partial charge in [-0.25, -0.2) is 14.0 Å². The molecule has 0 saturated carbocycles. The van der Waals surface area contributed by atoms with E-state index in [0.717, 1.165) is 116 Å². The van der Waals surface area contributed by atoms with Crippen LogP contribution in [0.3, 0.4) is 0 Å². The van der Waals surface area contributed by atoms with Gasteiger partial charge in [-0.05, 0) is 126 Å². The molecule has 15 aromatic rings. The molecule has 1 aliphatic rings. The fourth-order valence-electron chi connectivity index (χ4n) is 14.5. The van der Waals surface area contributed by atoms with Crippen LogP contribution in [0.2, 0.25) is 0 Å². The molecule has 600 valence electrons. The van der Waals surface area contributed by atoms with Gasteiger partial charge in [-0.15, -0.1) is 30.3 Å². The van der Waals surface area contributed by atoms with Gasteiger partial charge in [0, 0.05) is 166 Å². The third kappa shape index (κ3) is 20.9. The Kier molecular flexibility index (Phi) is 35.5. The summed E-state index contributed by atoms with van der Waals surface area (Å²) in [5.41, 5.74) is 22.6. The first-order chi connectivity index (χ1) is 53.1. The first kappa shape index (κ1) is 91.9. The average Bonchev–Trinajstić information content (AvgIpc) is 1.46. The Morgan fingerprint density at radius 1 is 0.386 bits per heavy atom. The Balaban J connectivity index is 0.000000200. The van der Waals surface area contributed by atoms with Gasteiger partial charge < -0.3 is 14.5 Å². The van der Waals surface area contributed by atoms with Crippen LogP contribution in [0.4, 0.5) is 11.6 Å². The van der Waals surface area contributed by atoms with Gasteiger partial charge in [0.05, 0.1) is 52.3 Å². The van der Waals surface area contributed by atoms with E-state index in [1.807, 2.05) is 188 Å². The van der Waals surface area contributed by atoms with Crippen LogP contribution in [-0.4, -0.2) is 89.0 Å². The quantitative estimate of drug-likeness (QED) is 0.0561. The monoisotopic (exact) mass is 2410 g/mol. The number of anilines is 2. The van der Waals surface area contributed by atoms with E-state index in [1.165, 1.54) is 64.6 Å². The van der Waals surface area contributed by atoms with Gasteiger partial charge in [-0.3, -0.25) is 14.2 Å². The van der Waals surface area contributed by atoms with Crippen LogP contribution in [0, 0.1) is 85.7 Å². The molecule has 0 atom stereocenters. The largest absolute Gasteiger partial charge is 0.481 e. The third-order valence-corrected chi connectivity index (χ3v) is 19.6. The second-order valence-electron chi connectivity index (χ2n) is 27.1. The van der Waals surface area contributed by atoms with Gasteiger partial charge in [0.2, 0.25) is 5.88 Å². The molecule has 0 radical (unpaired) electrons. The Morgan fingerprint density at radius 2 is 0.737 bits per heavy atom. The molecule has 1 aliphatic heterocycles. The van der Waals surface area contributed by atoms with Gasteiger partial charge in [-0.1, -0.05) is 165 Å². The van der Waals surface area contributed by atoms with Crippen molar-refractivity contribution in [2.24, 2.45) is 0 Å². The normalized spacial score (nSPS) is 11.3. The summed E-state index contributed by atoms with van der Waals surface area (Å²) in [6, 6.07) is 109. The summed E-state index contributed by atoms with van der Waals surface area (Å²) in [5.74, 6) is 2.91. The maximum Gasteiger partial charge on any atom is 0.217 e. The molecule has 16 rings (SSSR count). The van der Waals surface area contributed by atoms with E-state index >= 15 is 0 Å². The van der Waals surface area contributed by atoms with Gasteiger partial charge in [0.25, 0.3) is 0 Å². The molecular weight excluding hydrogens is 2320 g/mol. The first-order valence-corrected chi connectivity index (χ1v) is 37.1. The molecule has 19 heteroatoms. The zero-order valence-corrected chi connectivity index (χ0v) is 77.3. The van der Waals surface area contributed by atoms with E-state index in [9.17, 15) is 4.79 Å². The first-order valence-electron chi connectivity index (χ1n) is 37.1. The number of ketones is 1. The summed E-state index contributed by atoms with van der Waals surface area (Å²) in [6.07, 6.45) is 4.85. The van der Waals surface area contributed by atoms with Crippen LogP contribution in [0.25, 0.3) is 50.8 Å².